The van der Waals surface area contributed by atoms with E-state index >= 15 is 0 Å². The lowest BCUT2D eigenvalue weighted by Gasteiger charge is -2.24. The fourth-order valence-electron chi connectivity index (χ4n) is 2.78. The van der Waals surface area contributed by atoms with Gasteiger partial charge in [0.2, 0.25) is 0 Å². The summed E-state index contributed by atoms with van der Waals surface area (Å²) in [5, 5.41) is 2.32. The Morgan fingerprint density at radius 2 is 1.52 bits per heavy atom. The Labute approximate surface area is 148 Å². The molecule has 0 aliphatic carbocycles. The molecule has 122 valence electrons. The van der Waals surface area contributed by atoms with Crippen LogP contribution in [0.25, 0.3) is 5.57 Å². The molecule has 0 saturated carbocycles. The van der Waals surface area contributed by atoms with Gasteiger partial charge in [-0.2, -0.15) is 0 Å². The maximum atomic E-state index is 6.27. The van der Waals surface area contributed by atoms with Gasteiger partial charge in [-0.15, -0.1) is 0 Å². The number of hydrogen-bond acceptors (Lipinski definition) is 0. The van der Waals surface area contributed by atoms with Crippen LogP contribution in [-0.2, 0) is 0 Å². The predicted octanol–water partition coefficient (Wildman–Crippen LogP) is 6.19. The minimum Gasteiger partial charge on any atom is -0.0867 e. The van der Waals surface area contributed by atoms with E-state index in [2.05, 4.69) is 81.4 Å². The second-order valence-electron chi connectivity index (χ2n) is 8.23. The second-order valence-corrected chi connectivity index (χ2v) is 18.7. The van der Waals surface area contributed by atoms with Crippen molar-refractivity contribution in [1.82, 2.24) is 0 Å². The first-order valence-electron chi connectivity index (χ1n) is 8.17. The van der Waals surface area contributed by atoms with E-state index < -0.39 is 16.1 Å². The summed E-state index contributed by atoms with van der Waals surface area (Å²) in [6.07, 6.45) is 0. The van der Waals surface area contributed by atoms with Crippen LogP contribution < -0.4 is 5.19 Å². The van der Waals surface area contributed by atoms with Gasteiger partial charge in [0.05, 0.1) is 16.1 Å². The van der Waals surface area contributed by atoms with Crippen molar-refractivity contribution < 1.29 is 0 Å². The Hall–Kier alpha value is -1.10. The van der Waals surface area contributed by atoms with Gasteiger partial charge in [-0.05, 0) is 28.8 Å². The average Bonchev–Trinajstić information content (AvgIpc) is 2.43. The minimum absolute atomic E-state index is 0.800. The molecule has 0 aliphatic rings. The fraction of sp³-hybridized carbons (Fsp3) is 0.300. The maximum absolute atomic E-state index is 6.27. The summed E-state index contributed by atoms with van der Waals surface area (Å²) in [5.41, 5.74) is 6.48. The summed E-state index contributed by atoms with van der Waals surface area (Å²) >= 11 is 6.27. The van der Waals surface area contributed by atoms with Crippen molar-refractivity contribution in [2.45, 2.75) is 39.3 Å². The van der Waals surface area contributed by atoms with Crippen LogP contribution >= 0.6 is 11.6 Å². The van der Waals surface area contributed by atoms with Crippen LogP contribution in [0.4, 0.5) is 0 Å². The Morgan fingerprint density at radius 3 is 2.09 bits per heavy atom. The SMILES string of the molecule is C[Si](C)(C)C=C(c1cccc(Cl)c1)c1ccccc1[Si](C)(C)C. The van der Waals surface area contributed by atoms with Crippen molar-refractivity contribution in [2.75, 3.05) is 0 Å². The van der Waals surface area contributed by atoms with Crippen LogP contribution in [0.5, 0.6) is 0 Å². The lowest BCUT2D eigenvalue weighted by molar-refractivity contribution is 1.55. The summed E-state index contributed by atoms with van der Waals surface area (Å²) < 4.78 is 0. The van der Waals surface area contributed by atoms with Crippen LogP contribution in [0, 0.1) is 0 Å². The molecule has 23 heavy (non-hydrogen) atoms. The molecule has 2 aromatic rings. The molecule has 0 heterocycles. The molecule has 0 fully saturated rings. The van der Waals surface area contributed by atoms with Gasteiger partial charge in [0, 0.05) is 5.02 Å². The molecule has 2 aromatic carbocycles. The van der Waals surface area contributed by atoms with Crippen molar-refractivity contribution >= 4 is 38.5 Å². The summed E-state index contributed by atoms with van der Waals surface area (Å²) in [6, 6.07) is 17.2. The van der Waals surface area contributed by atoms with Gasteiger partial charge in [0.25, 0.3) is 0 Å². The molecule has 0 saturated heterocycles. The summed E-state index contributed by atoms with van der Waals surface area (Å²) in [5.74, 6) is 0. The Morgan fingerprint density at radius 1 is 0.870 bits per heavy atom. The second kappa shape index (κ2) is 6.80. The highest BCUT2D eigenvalue weighted by Crippen LogP contribution is 2.28. The van der Waals surface area contributed by atoms with Crippen molar-refractivity contribution in [3.63, 3.8) is 0 Å². The monoisotopic (exact) mass is 358 g/mol. The van der Waals surface area contributed by atoms with E-state index in [9.17, 15) is 0 Å². The highest BCUT2D eigenvalue weighted by atomic mass is 35.5. The quantitative estimate of drug-likeness (QED) is 0.571. The van der Waals surface area contributed by atoms with Gasteiger partial charge in [-0.3, -0.25) is 0 Å². The molecule has 0 atom stereocenters. The number of rotatable bonds is 4. The van der Waals surface area contributed by atoms with Crippen LogP contribution in [0.3, 0.4) is 0 Å². The zero-order chi connectivity index (χ0) is 17.3. The van der Waals surface area contributed by atoms with Crippen molar-refractivity contribution in [3.8, 4) is 0 Å². The molecule has 0 aliphatic heterocycles. The van der Waals surface area contributed by atoms with Gasteiger partial charge >= 0.3 is 0 Å². The van der Waals surface area contributed by atoms with E-state index in [4.69, 9.17) is 11.6 Å². The van der Waals surface area contributed by atoms with Gasteiger partial charge in [0.15, 0.2) is 0 Å². The van der Waals surface area contributed by atoms with Crippen molar-refractivity contribution in [2.24, 2.45) is 0 Å². The Balaban J connectivity index is 2.73. The number of halogens is 1. The van der Waals surface area contributed by atoms with E-state index in [1.165, 1.54) is 21.9 Å². The standard InChI is InChI=1S/C20H27ClSi2/c1-22(2,3)15-19(16-10-9-11-17(21)14-16)18-12-7-8-13-20(18)23(4,5)6/h7-15H,1-6H3. The number of benzene rings is 2. The molecule has 0 radical (unpaired) electrons. The van der Waals surface area contributed by atoms with Gasteiger partial charge in [-0.1, -0.05) is 98.2 Å². The molecular formula is C20H27ClSi2. The molecule has 0 amide bonds. The van der Waals surface area contributed by atoms with Crippen molar-refractivity contribution in [3.05, 3.63) is 70.4 Å². The smallest absolute Gasteiger partial charge is 0.0784 e. The first-order valence-corrected chi connectivity index (χ1v) is 15.6. The Bertz CT molecular complexity index is 719. The molecule has 0 unspecified atom stereocenters. The van der Waals surface area contributed by atoms with Gasteiger partial charge in [-0.25, -0.2) is 0 Å². The summed E-state index contributed by atoms with van der Waals surface area (Å²) in [6.45, 7) is 14.4. The van der Waals surface area contributed by atoms with Crippen molar-refractivity contribution in [1.29, 1.82) is 0 Å². The first-order chi connectivity index (χ1) is 10.6. The highest BCUT2D eigenvalue weighted by molar-refractivity contribution is 6.89. The molecule has 0 N–H and O–H groups in total. The first kappa shape index (κ1) is 18.2. The highest BCUT2D eigenvalue weighted by Gasteiger charge is 2.23. The Kier molecular flexibility index (Phi) is 5.39. The van der Waals surface area contributed by atoms with E-state index in [0.717, 1.165) is 5.02 Å². The lowest BCUT2D eigenvalue weighted by atomic mass is 9.99. The predicted molar refractivity (Wildman–Crippen MR) is 111 cm³/mol. The van der Waals surface area contributed by atoms with Crippen LogP contribution in [-0.4, -0.2) is 16.1 Å². The molecule has 0 nitrogen and oxygen atoms in total. The molecule has 0 aromatic heterocycles. The lowest BCUT2D eigenvalue weighted by Crippen LogP contribution is -2.40. The topological polar surface area (TPSA) is 0 Å². The van der Waals surface area contributed by atoms with Crippen LogP contribution in [0.2, 0.25) is 44.3 Å². The average molecular weight is 359 g/mol. The number of hydrogen-bond donors (Lipinski definition) is 0. The molecular weight excluding hydrogens is 332 g/mol. The zero-order valence-electron chi connectivity index (χ0n) is 15.1. The zero-order valence-corrected chi connectivity index (χ0v) is 17.8. The molecule has 0 bridgehead atoms. The van der Waals surface area contributed by atoms with E-state index in [0.29, 0.717) is 0 Å². The third-order valence-electron chi connectivity index (χ3n) is 3.74. The largest absolute Gasteiger partial charge is 0.0867 e. The van der Waals surface area contributed by atoms with Gasteiger partial charge < -0.3 is 0 Å². The third-order valence-corrected chi connectivity index (χ3v) is 7.18. The van der Waals surface area contributed by atoms with E-state index in [-0.39, 0.29) is 0 Å². The van der Waals surface area contributed by atoms with Crippen LogP contribution in [0.1, 0.15) is 11.1 Å². The molecule has 3 heteroatoms. The minimum atomic E-state index is -1.42. The van der Waals surface area contributed by atoms with Gasteiger partial charge in [0.1, 0.15) is 0 Å². The van der Waals surface area contributed by atoms with E-state index in [1.54, 1.807) is 0 Å². The normalized spacial score (nSPS) is 13.3. The molecule has 0 spiro atoms. The summed E-state index contributed by atoms with van der Waals surface area (Å²) in [4.78, 5) is 0. The molecule has 2 rings (SSSR count). The third kappa shape index (κ3) is 4.94. The fourth-order valence-corrected chi connectivity index (χ4v) is 5.78. The maximum Gasteiger partial charge on any atom is 0.0784 e. The van der Waals surface area contributed by atoms with E-state index in [1.807, 2.05) is 12.1 Å². The summed E-state index contributed by atoms with van der Waals surface area (Å²) in [7, 11) is -2.80. The van der Waals surface area contributed by atoms with Crippen LogP contribution in [0.15, 0.2) is 54.2 Å².